The van der Waals surface area contributed by atoms with Crippen LogP contribution in [0, 0.1) is 0 Å². The zero-order valence-electron chi connectivity index (χ0n) is 9.65. The molecule has 5 heteroatoms. The Morgan fingerprint density at radius 1 is 1.44 bits per heavy atom. The van der Waals surface area contributed by atoms with Crippen molar-refractivity contribution < 1.29 is 9.84 Å². The Morgan fingerprint density at radius 3 is 3.06 bits per heavy atom. The van der Waals surface area contributed by atoms with Gasteiger partial charge in [-0.1, -0.05) is 6.92 Å². The minimum atomic E-state index is 0.224. The van der Waals surface area contributed by atoms with E-state index in [1.54, 1.807) is 12.3 Å². The molecule has 90 valence electrons. The van der Waals surface area contributed by atoms with Crippen molar-refractivity contribution in [3.8, 4) is 5.88 Å². The predicted octanol–water partition coefficient (Wildman–Crippen LogP) is 1.45. The fraction of sp³-hybridized carbons (Fsp3) is 0.636. The molecule has 16 heavy (non-hydrogen) atoms. The zero-order valence-corrected chi connectivity index (χ0v) is 9.65. The van der Waals surface area contributed by atoms with E-state index in [0.717, 1.165) is 25.8 Å². The van der Waals surface area contributed by atoms with Crippen LogP contribution < -0.4 is 10.1 Å². The molecule has 0 amide bonds. The van der Waals surface area contributed by atoms with E-state index in [4.69, 9.17) is 9.84 Å². The second kappa shape index (κ2) is 7.87. The Hall–Kier alpha value is -1.36. The largest absolute Gasteiger partial charge is 0.478 e. The van der Waals surface area contributed by atoms with Crippen LogP contribution in [0.3, 0.4) is 0 Å². The van der Waals surface area contributed by atoms with Gasteiger partial charge in [-0.05, 0) is 19.3 Å². The van der Waals surface area contributed by atoms with Crippen LogP contribution in [0.15, 0.2) is 12.3 Å². The first kappa shape index (κ1) is 12.7. The third-order valence-electron chi connectivity index (χ3n) is 1.95. The summed E-state index contributed by atoms with van der Waals surface area (Å²) >= 11 is 0. The first-order valence-electron chi connectivity index (χ1n) is 5.67. The Labute approximate surface area is 95.9 Å². The predicted molar refractivity (Wildman–Crippen MR) is 62.6 cm³/mol. The highest BCUT2D eigenvalue weighted by Crippen LogP contribution is 2.08. The van der Waals surface area contributed by atoms with Gasteiger partial charge in [-0.25, -0.2) is 4.98 Å². The summed E-state index contributed by atoms with van der Waals surface area (Å²) in [5.41, 5.74) is 0. The molecule has 0 aliphatic rings. The molecule has 0 spiro atoms. The minimum absolute atomic E-state index is 0.224. The lowest BCUT2D eigenvalue weighted by Gasteiger charge is -2.06. The average Bonchev–Trinajstić information content (AvgIpc) is 2.33. The summed E-state index contributed by atoms with van der Waals surface area (Å²) < 4.78 is 5.39. The lowest BCUT2D eigenvalue weighted by atomic mass is 10.3. The van der Waals surface area contributed by atoms with E-state index in [1.165, 1.54) is 0 Å². The third kappa shape index (κ3) is 4.93. The van der Waals surface area contributed by atoms with Gasteiger partial charge < -0.3 is 15.2 Å². The molecule has 0 fully saturated rings. The maximum absolute atomic E-state index is 8.63. The van der Waals surface area contributed by atoms with Crippen LogP contribution in [-0.2, 0) is 0 Å². The summed E-state index contributed by atoms with van der Waals surface area (Å²) in [5, 5.41) is 11.7. The number of hydrogen-bond donors (Lipinski definition) is 2. The number of aliphatic hydroxyl groups excluding tert-OH is 1. The number of rotatable bonds is 8. The van der Waals surface area contributed by atoms with Gasteiger partial charge in [-0.3, -0.25) is 0 Å². The summed E-state index contributed by atoms with van der Waals surface area (Å²) in [7, 11) is 0. The SMILES string of the molecule is CCCOc1ccnc(NCCCCO)n1. The lowest BCUT2D eigenvalue weighted by Crippen LogP contribution is -2.07. The number of aromatic nitrogens is 2. The van der Waals surface area contributed by atoms with Gasteiger partial charge >= 0.3 is 0 Å². The summed E-state index contributed by atoms with van der Waals surface area (Å²) in [6.45, 7) is 3.70. The topological polar surface area (TPSA) is 67.3 Å². The second-order valence-electron chi connectivity index (χ2n) is 3.42. The van der Waals surface area contributed by atoms with Gasteiger partial charge in [0.05, 0.1) is 6.61 Å². The van der Waals surface area contributed by atoms with Crippen molar-refractivity contribution in [2.45, 2.75) is 26.2 Å². The first-order valence-corrected chi connectivity index (χ1v) is 5.67. The number of unbranched alkanes of at least 4 members (excludes halogenated alkanes) is 1. The maximum atomic E-state index is 8.63. The molecule has 0 aliphatic heterocycles. The molecular formula is C11H19N3O2. The van der Waals surface area contributed by atoms with Crippen molar-refractivity contribution in [3.05, 3.63) is 12.3 Å². The summed E-state index contributed by atoms with van der Waals surface area (Å²) in [6.07, 6.45) is 4.33. The zero-order chi connectivity index (χ0) is 11.6. The van der Waals surface area contributed by atoms with Gasteiger partial charge in [-0.2, -0.15) is 4.98 Å². The molecule has 0 unspecified atom stereocenters. The molecule has 2 N–H and O–H groups in total. The maximum Gasteiger partial charge on any atom is 0.225 e. The van der Waals surface area contributed by atoms with Crippen LogP contribution in [0.1, 0.15) is 26.2 Å². The number of hydrogen-bond acceptors (Lipinski definition) is 5. The lowest BCUT2D eigenvalue weighted by molar-refractivity contribution is 0.286. The van der Waals surface area contributed by atoms with Gasteiger partial charge in [0.15, 0.2) is 0 Å². The summed E-state index contributed by atoms with van der Waals surface area (Å²) in [4.78, 5) is 8.28. The van der Waals surface area contributed by atoms with Crippen molar-refractivity contribution in [2.75, 3.05) is 25.1 Å². The Balaban J connectivity index is 2.35. The Bertz CT molecular complexity index is 294. The highest BCUT2D eigenvalue weighted by Gasteiger charge is 1.98. The number of nitrogens with one attached hydrogen (secondary N) is 1. The summed E-state index contributed by atoms with van der Waals surface area (Å²) in [6, 6.07) is 1.74. The fourth-order valence-electron chi connectivity index (χ4n) is 1.15. The van der Waals surface area contributed by atoms with E-state index in [0.29, 0.717) is 18.4 Å². The van der Waals surface area contributed by atoms with Crippen LogP contribution in [0.25, 0.3) is 0 Å². The molecule has 1 rings (SSSR count). The molecule has 1 aromatic rings. The molecule has 1 heterocycles. The molecule has 0 saturated carbocycles. The van der Waals surface area contributed by atoms with E-state index < -0.39 is 0 Å². The smallest absolute Gasteiger partial charge is 0.225 e. The first-order chi connectivity index (χ1) is 7.86. The fourth-order valence-corrected chi connectivity index (χ4v) is 1.15. The van der Waals surface area contributed by atoms with Crippen LogP contribution in [0.5, 0.6) is 5.88 Å². The highest BCUT2D eigenvalue weighted by atomic mass is 16.5. The van der Waals surface area contributed by atoms with Crippen molar-refractivity contribution in [1.82, 2.24) is 9.97 Å². The molecule has 5 nitrogen and oxygen atoms in total. The molecule has 0 aliphatic carbocycles. The molecule has 0 aromatic carbocycles. The van der Waals surface area contributed by atoms with Gasteiger partial charge in [-0.15, -0.1) is 0 Å². The summed E-state index contributed by atoms with van der Waals surface area (Å²) in [5.74, 6) is 1.17. The van der Waals surface area contributed by atoms with Crippen LogP contribution in [0.2, 0.25) is 0 Å². The molecule has 0 saturated heterocycles. The van der Waals surface area contributed by atoms with Gasteiger partial charge in [0, 0.05) is 25.4 Å². The quantitative estimate of drug-likeness (QED) is 0.655. The van der Waals surface area contributed by atoms with Gasteiger partial charge in [0.2, 0.25) is 11.8 Å². The van der Waals surface area contributed by atoms with Gasteiger partial charge in [0.1, 0.15) is 0 Å². The highest BCUT2D eigenvalue weighted by molar-refractivity contribution is 5.27. The monoisotopic (exact) mass is 225 g/mol. The van der Waals surface area contributed by atoms with E-state index in [-0.39, 0.29) is 6.61 Å². The van der Waals surface area contributed by atoms with E-state index >= 15 is 0 Å². The van der Waals surface area contributed by atoms with Crippen molar-refractivity contribution in [3.63, 3.8) is 0 Å². The van der Waals surface area contributed by atoms with Crippen LogP contribution in [-0.4, -0.2) is 34.8 Å². The normalized spacial score (nSPS) is 10.1. The standard InChI is InChI=1S/C11H19N3O2/c1-2-9-16-10-5-7-13-11(14-10)12-6-3-4-8-15/h5,7,15H,2-4,6,8-9H2,1H3,(H,12,13,14). The van der Waals surface area contributed by atoms with Crippen LogP contribution >= 0.6 is 0 Å². The number of ether oxygens (including phenoxy) is 1. The molecular weight excluding hydrogens is 206 g/mol. The van der Waals surface area contributed by atoms with E-state index in [9.17, 15) is 0 Å². The minimum Gasteiger partial charge on any atom is -0.478 e. The third-order valence-corrected chi connectivity index (χ3v) is 1.95. The number of aliphatic hydroxyl groups is 1. The molecule has 0 radical (unpaired) electrons. The van der Waals surface area contributed by atoms with Crippen LogP contribution in [0.4, 0.5) is 5.95 Å². The molecule has 1 aromatic heterocycles. The average molecular weight is 225 g/mol. The number of nitrogens with zero attached hydrogens (tertiary/aromatic N) is 2. The van der Waals surface area contributed by atoms with Crippen molar-refractivity contribution in [2.24, 2.45) is 0 Å². The van der Waals surface area contributed by atoms with Crippen molar-refractivity contribution >= 4 is 5.95 Å². The van der Waals surface area contributed by atoms with Gasteiger partial charge in [0.25, 0.3) is 0 Å². The Morgan fingerprint density at radius 2 is 2.31 bits per heavy atom. The Kier molecular flexibility index (Phi) is 6.25. The molecule has 0 bridgehead atoms. The second-order valence-corrected chi connectivity index (χ2v) is 3.42. The number of anilines is 1. The molecule has 0 atom stereocenters. The van der Waals surface area contributed by atoms with Crippen molar-refractivity contribution in [1.29, 1.82) is 0 Å². The van der Waals surface area contributed by atoms with E-state index in [1.807, 2.05) is 0 Å². The van der Waals surface area contributed by atoms with E-state index in [2.05, 4.69) is 22.2 Å².